The highest BCUT2D eigenvalue weighted by Crippen LogP contribution is 2.22. The Kier molecular flexibility index (Phi) is 7.20. The third kappa shape index (κ3) is 4.96. The van der Waals surface area contributed by atoms with Crippen LogP contribution in [0, 0.1) is 17.2 Å². The molecule has 0 saturated heterocycles. The Bertz CT molecular complexity index is 212. The Hall–Kier alpha value is -0.590. The number of nitrogens with zero attached hydrogens (tertiary/aromatic N) is 1. The second-order valence-electron chi connectivity index (χ2n) is 4.72. The van der Waals surface area contributed by atoms with Crippen LogP contribution >= 0.6 is 0 Å². The molecule has 0 aliphatic heterocycles. The maximum absolute atomic E-state index is 9.10. The smallest absolute Gasteiger partial charge is 0.0672 e. The van der Waals surface area contributed by atoms with E-state index in [4.69, 9.17) is 10.4 Å². The topological polar surface area (TPSA) is 56.0 Å². The number of hydrogen-bond acceptors (Lipinski definition) is 3. The van der Waals surface area contributed by atoms with Crippen LogP contribution in [-0.4, -0.2) is 24.3 Å². The summed E-state index contributed by atoms with van der Waals surface area (Å²) in [6, 6.07) is 2.85. The average Bonchev–Trinajstić information content (AvgIpc) is 2.53. The lowest BCUT2D eigenvalue weighted by Crippen LogP contribution is -2.35. The van der Waals surface area contributed by atoms with Crippen LogP contribution in [0.15, 0.2) is 0 Å². The normalized spacial score (nSPS) is 26.0. The molecule has 2 atom stereocenters. The predicted octanol–water partition coefficient (Wildman–Crippen LogP) is 2.21. The van der Waals surface area contributed by atoms with Crippen LogP contribution in [0.1, 0.15) is 51.4 Å². The highest BCUT2D eigenvalue weighted by atomic mass is 16.2. The lowest BCUT2D eigenvalue weighted by atomic mass is 9.96. The highest BCUT2D eigenvalue weighted by Gasteiger charge is 2.22. The van der Waals surface area contributed by atoms with Crippen LogP contribution in [0.3, 0.4) is 0 Å². The first-order chi connectivity index (χ1) is 7.88. The first kappa shape index (κ1) is 13.5. The van der Waals surface area contributed by atoms with Crippen LogP contribution in [0.4, 0.5) is 0 Å². The molecular formula is C13H24N2O. The van der Waals surface area contributed by atoms with Crippen LogP contribution in [0.2, 0.25) is 0 Å². The minimum atomic E-state index is 0.209. The molecule has 0 heterocycles. The summed E-state index contributed by atoms with van der Waals surface area (Å²) < 4.78 is 0. The summed E-state index contributed by atoms with van der Waals surface area (Å²) in [5.41, 5.74) is 0. The van der Waals surface area contributed by atoms with E-state index in [0.717, 1.165) is 38.6 Å². The molecule has 0 amide bonds. The largest absolute Gasteiger partial charge is 0.396 e. The molecule has 16 heavy (non-hydrogen) atoms. The summed E-state index contributed by atoms with van der Waals surface area (Å²) in [5, 5.41) is 21.3. The summed E-state index contributed by atoms with van der Waals surface area (Å²) in [6.07, 6.45) is 9.04. The van der Waals surface area contributed by atoms with Crippen molar-refractivity contribution in [2.75, 3.05) is 13.2 Å². The van der Waals surface area contributed by atoms with Crippen molar-refractivity contribution in [2.24, 2.45) is 5.92 Å². The van der Waals surface area contributed by atoms with Gasteiger partial charge in [-0.15, -0.1) is 0 Å². The maximum atomic E-state index is 9.10. The fourth-order valence-electron chi connectivity index (χ4n) is 2.41. The van der Waals surface area contributed by atoms with Gasteiger partial charge in [0.1, 0.15) is 0 Å². The zero-order chi connectivity index (χ0) is 11.6. The van der Waals surface area contributed by atoms with Gasteiger partial charge in [0, 0.05) is 12.6 Å². The number of nitriles is 1. The zero-order valence-corrected chi connectivity index (χ0v) is 10.1. The van der Waals surface area contributed by atoms with E-state index in [9.17, 15) is 0 Å². The first-order valence-electron chi connectivity index (χ1n) is 6.62. The van der Waals surface area contributed by atoms with Gasteiger partial charge < -0.3 is 10.4 Å². The van der Waals surface area contributed by atoms with Crippen molar-refractivity contribution >= 4 is 0 Å². The average molecular weight is 224 g/mol. The Morgan fingerprint density at radius 1 is 1.12 bits per heavy atom. The second kappa shape index (κ2) is 8.55. The van der Waals surface area contributed by atoms with Crippen LogP contribution in [0.5, 0.6) is 0 Å². The first-order valence-corrected chi connectivity index (χ1v) is 6.62. The molecule has 0 bridgehead atoms. The van der Waals surface area contributed by atoms with Gasteiger partial charge in [0.15, 0.2) is 0 Å². The SMILES string of the molecule is N#CC1CCCCCC1NCCCCCO. The fourth-order valence-corrected chi connectivity index (χ4v) is 2.41. The summed E-state index contributed by atoms with van der Waals surface area (Å²) in [5.74, 6) is 0.209. The Morgan fingerprint density at radius 2 is 1.94 bits per heavy atom. The van der Waals surface area contributed by atoms with E-state index in [0.29, 0.717) is 12.6 Å². The van der Waals surface area contributed by atoms with Gasteiger partial charge in [-0.1, -0.05) is 19.3 Å². The molecule has 3 nitrogen and oxygen atoms in total. The highest BCUT2D eigenvalue weighted by molar-refractivity contribution is 4.93. The van der Waals surface area contributed by atoms with Gasteiger partial charge >= 0.3 is 0 Å². The third-order valence-corrected chi connectivity index (χ3v) is 3.42. The fraction of sp³-hybridized carbons (Fsp3) is 0.923. The molecule has 0 radical (unpaired) electrons. The van der Waals surface area contributed by atoms with E-state index in [1.54, 1.807) is 0 Å². The number of unbranched alkanes of at least 4 members (excludes halogenated alkanes) is 2. The van der Waals surface area contributed by atoms with E-state index in [1.165, 1.54) is 19.3 Å². The standard InChI is InChI=1S/C13H24N2O/c14-11-12-7-3-1-4-8-13(12)15-9-5-2-6-10-16/h12-13,15-16H,1-10H2. The molecule has 1 rings (SSSR count). The lowest BCUT2D eigenvalue weighted by molar-refractivity contribution is 0.281. The molecule has 0 spiro atoms. The lowest BCUT2D eigenvalue weighted by Gasteiger charge is -2.20. The van der Waals surface area contributed by atoms with Crippen LogP contribution in [-0.2, 0) is 0 Å². The number of aliphatic hydroxyl groups excluding tert-OH is 1. The van der Waals surface area contributed by atoms with Gasteiger partial charge in [-0.25, -0.2) is 0 Å². The van der Waals surface area contributed by atoms with Gasteiger partial charge in [-0.2, -0.15) is 5.26 Å². The molecule has 0 aromatic carbocycles. The minimum Gasteiger partial charge on any atom is -0.396 e. The second-order valence-corrected chi connectivity index (χ2v) is 4.72. The number of rotatable bonds is 6. The summed E-state index contributed by atoms with van der Waals surface area (Å²) >= 11 is 0. The van der Waals surface area contributed by atoms with Crippen LogP contribution in [0.25, 0.3) is 0 Å². The molecule has 0 aromatic heterocycles. The van der Waals surface area contributed by atoms with Crippen molar-refractivity contribution in [2.45, 2.75) is 57.4 Å². The maximum Gasteiger partial charge on any atom is 0.0672 e. The van der Waals surface area contributed by atoms with E-state index in [1.807, 2.05) is 0 Å². The third-order valence-electron chi connectivity index (χ3n) is 3.42. The van der Waals surface area contributed by atoms with Crippen molar-refractivity contribution in [3.63, 3.8) is 0 Å². The monoisotopic (exact) mass is 224 g/mol. The van der Waals surface area contributed by atoms with Gasteiger partial charge in [0.05, 0.1) is 12.0 Å². The van der Waals surface area contributed by atoms with Crippen molar-refractivity contribution in [1.82, 2.24) is 5.32 Å². The van der Waals surface area contributed by atoms with Crippen molar-refractivity contribution in [1.29, 1.82) is 5.26 Å². The molecule has 1 fully saturated rings. The van der Waals surface area contributed by atoms with Gasteiger partial charge in [0.25, 0.3) is 0 Å². The summed E-state index contributed by atoms with van der Waals surface area (Å²) in [7, 11) is 0. The molecular weight excluding hydrogens is 200 g/mol. The molecule has 2 N–H and O–H groups in total. The van der Waals surface area contributed by atoms with Crippen molar-refractivity contribution in [3.8, 4) is 6.07 Å². The van der Waals surface area contributed by atoms with Gasteiger partial charge in [-0.05, 0) is 38.6 Å². The Balaban J connectivity index is 2.19. The van der Waals surface area contributed by atoms with Gasteiger partial charge in [-0.3, -0.25) is 0 Å². The Labute approximate surface area is 98.8 Å². The Morgan fingerprint density at radius 3 is 2.69 bits per heavy atom. The molecule has 92 valence electrons. The predicted molar refractivity (Wildman–Crippen MR) is 64.9 cm³/mol. The van der Waals surface area contributed by atoms with Crippen LogP contribution < -0.4 is 5.32 Å². The molecule has 1 saturated carbocycles. The van der Waals surface area contributed by atoms with Crippen molar-refractivity contribution in [3.05, 3.63) is 0 Å². The number of nitrogens with one attached hydrogen (secondary N) is 1. The van der Waals surface area contributed by atoms with E-state index >= 15 is 0 Å². The number of aliphatic hydroxyl groups is 1. The molecule has 3 heteroatoms. The molecule has 0 aromatic rings. The van der Waals surface area contributed by atoms with E-state index in [2.05, 4.69) is 11.4 Å². The van der Waals surface area contributed by atoms with E-state index < -0.39 is 0 Å². The van der Waals surface area contributed by atoms with E-state index in [-0.39, 0.29) is 5.92 Å². The molecule has 2 unspecified atom stereocenters. The minimum absolute atomic E-state index is 0.209. The molecule has 1 aliphatic rings. The quantitative estimate of drug-likeness (QED) is 0.537. The van der Waals surface area contributed by atoms with Gasteiger partial charge in [0.2, 0.25) is 0 Å². The number of hydrogen-bond donors (Lipinski definition) is 2. The zero-order valence-electron chi connectivity index (χ0n) is 10.1. The summed E-state index contributed by atoms with van der Waals surface area (Å²) in [4.78, 5) is 0. The van der Waals surface area contributed by atoms with Crippen molar-refractivity contribution < 1.29 is 5.11 Å². The summed E-state index contributed by atoms with van der Waals surface area (Å²) in [6.45, 7) is 1.28. The molecule has 1 aliphatic carbocycles.